The van der Waals surface area contributed by atoms with Gasteiger partial charge in [0.15, 0.2) is 0 Å². The molecule has 3 nitrogen and oxygen atoms in total. The van der Waals surface area contributed by atoms with Gasteiger partial charge >= 0.3 is 0 Å². The Bertz CT molecular complexity index is 283. The van der Waals surface area contributed by atoms with Crippen LogP contribution < -0.4 is 0 Å². The number of nitrogens with zero attached hydrogens (tertiary/aromatic N) is 2. The molecular formula is C9H13ClN2O. The number of aromatic nitrogens is 2. The van der Waals surface area contributed by atoms with Gasteiger partial charge in [-0.25, -0.2) is 4.98 Å². The van der Waals surface area contributed by atoms with Gasteiger partial charge in [0.1, 0.15) is 17.3 Å². The van der Waals surface area contributed by atoms with Crippen LogP contribution in [0, 0.1) is 0 Å². The van der Waals surface area contributed by atoms with Crippen molar-refractivity contribution in [1.82, 2.24) is 9.55 Å². The largest absolute Gasteiger partial charge is 0.319 e. The number of rotatable bonds is 5. The lowest BCUT2D eigenvalue weighted by Gasteiger charge is -2.05. The maximum absolute atomic E-state index is 10.2. The van der Waals surface area contributed by atoms with Crippen molar-refractivity contribution in [2.45, 2.75) is 32.7 Å². The van der Waals surface area contributed by atoms with Crippen LogP contribution in [0.2, 0.25) is 5.15 Å². The first-order valence-corrected chi connectivity index (χ1v) is 4.81. The fourth-order valence-corrected chi connectivity index (χ4v) is 1.47. The predicted molar refractivity (Wildman–Crippen MR) is 51.9 cm³/mol. The summed E-state index contributed by atoms with van der Waals surface area (Å²) in [6, 6.07) is 0. The van der Waals surface area contributed by atoms with Crippen LogP contribution in [-0.2, 0) is 17.8 Å². The molecule has 1 heterocycles. The lowest BCUT2D eigenvalue weighted by molar-refractivity contribution is -0.107. The molecule has 1 aromatic heterocycles. The van der Waals surface area contributed by atoms with Gasteiger partial charge in [-0.15, -0.1) is 0 Å². The van der Waals surface area contributed by atoms with Crippen molar-refractivity contribution in [2.75, 3.05) is 0 Å². The Hall–Kier alpha value is -0.830. The van der Waals surface area contributed by atoms with Crippen molar-refractivity contribution in [3.8, 4) is 0 Å². The van der Waals surface area contributed by atoms with Gasteiger partial charge in [-0.2, -0.15) is 0 Å². The normalized spacial score (nSPS) is 10.3. The summed E-state index contributed by atoms with van der Waals surface area (Å²) in [5, 5.41) is 0.655. The third-order valence-corrected chi connectivity index (χ3v) is 2.12. The van der Waals surface area contributed by atoms with E-state index in [2.05, 4.69) is 11.9 Å². The van der Waals surface area contributed by atoms with E-state index in [-0.39, 0.29) is 0 Å². The second kappa shape index (κ2) is 5.02. The molecule has 0 bridgehead atoms. The third kappa shape index (κ3) is 2.56. The molecule has 4 heteroatoms. The molecule has 0 atom stereocenters. The second-order valence-electron chi connectivity index (χ2n) is 2.85. The SMILES string of the molecule is CCCn1c(Cl)cnc1CCC=O. The Morgan fingerprint density at radius 3 is 3.08 bits per heavy atom. The highest BCUT2D eigenvalue weighted by atomic mass is 35.5. The molecule has 0 fully saturated rings. The Labute approximate surface area is 82.7 Å². The molecule has 0 aliphatic carbocycles. The minimum absolute atomic E-state index is 0.511. The fourth-order valence-electron chi connectivity index (χ4n) is 1.24. The maximum atomic E-state index is 10.2. The Balaban J connectivity index is 2.73. The summed E-state index contributed by atoms with van der Waals surface area (Å²) in [5.74, 6) is 0.902. The maximum Gasteiger partial charge on any atom is 0.128 e. The van der Waals surface area contributed by atoms with Crippen LogP contribution in [0.25, 0.3) is 0 Å². The smallest absolute Gasteiger partial charge is 0.128 e. The minimum atomic E-state index is 0.511. The van der Waals surface area contributed by atoms with Gasteiger partial charge < -0.3 is 9.36 Å². The standard InChI is InChI=1S/C9H13ClN2O/c1-2-5-12-8(10)7-11-9(12)4-3-6-13/h6-7H,2-5H2,1H3. The molecule has 0 unspecified atom stereocenters. The third-order valence-electron chi connectivity index (χ3n) is 1.82. The lowest BCUT2D eigenvalue weighted by atomic mass is 10.3. The van der Waals surface area contributed by atoms with Crippen molar-refractivity contribution in [1.29, 1.82) is 0 Å². The number of aryl methyl sites for hydroxylation is 1. The topological polar surface area (TPSA) is 34.9 Å². The number of carbonyl (C=O) groups excluding carboxylic acids is 1. The summed E-state index contributed by atoms with van der Waals surface area (Å²) in [4.78, 5) is 14.3. The molecule has 72 valence electrons. The summed E-state index contributed by atoms with van der Waals surface area (Å²) in [6.07, 6.45) is 4.74. The highest BCUT2D eigenvalue weighted by Gasteiger charge is 2.06. The molecule has 0 spiro atoms. The zero-order chi connectivity index (χ0) is 9.68. The lowest BCUT2D eigenvalue weighted by Crippen LogP contribution is -2.03. The van der Waals surface area contributed by atoms with E-state index >= 15 is 0 Å². The molecule has 0 aliphatic heterocycles. The van der Waals surface area contributed by atoms with Crippen LogP contribution in [0.1, 0.15) is 25.6 Å². The van der Waals surface area contributed by atoms with Gasteiger partial charge in [-0.3, -0.25) is 0 Å². The highest BCUT2D eigenvalue weighted by Crippen LogP contribution is 2.13. The first-order valence-electron chi connectivity index (χ1n) is 4.43. The van der Waals surface area contributed by atoms with Gasteiger partial charge in [0.25, 0.3) is 0 Å². The van der Waals surface area contributed by atoms with Crippen molar-refractivity contribution in [3.05, 3.63) is 17.2 Å². The van der Waals surface area contributed by atoms with Gasteiger partial charge in [-0.05, 0) is 6.42 Å². The first-order chi connectivity index (χ1) is 6.29. The zero-order valence-corrected chi connectivity index (χ0v) is 8.42. The summed E-state index contributed by atoms with van der Waals surface area (Å²) in [7, 11) is 0. The van der Waals surface area contributed by atoms with Crippen molar-refractivity contribution >= 4 is 17.9 Å². The summed E-state index contributed by atoms with van der Waals surface area (Å²) < 4.78 is 1.95. The molecule has 0 saturated carbocycles. The molecule has 0 saturated heterocycles. The Morgan fingerprint density at radius 2 is 2.46 bits per heavy atom. The van der Waals surface area contributed by atoms with Crippen LogP contribution in [0.3, 0.4) is 0 Å². The fraction of sp³-hybridized carbons (Fsp3) is 0.556. The van der Waals surface area contributed by atoms with E-state index in [9.17, 15) is 4.79 Å². The summed E-state index contributed by atoms with van der Waals surface area (Å²) in [5.41, 5.74) is 0. The number of carbonyl (C=O) groups is 1. The molecule has 0 N–H and O–H groups in total. The average Bonchev–Trinajstić information content (AvgIpc) is 2.46. The van der Waals surface area contributed by atoms with E-state index in [4.69, 9.17) is 11.6 Å². The van der Waals surface area contributed by atoms with Gasteiger partial charge in [0.05, 0.1) is 6.20 Å². The quantitative estimate of drug-likeness (QED) is 0.683. The molecule has 1 rings (SSSR count). The average molecular weight is 201 g/mol. The van der Waals surface area contributed by atoms with Crippen molar-refractivity contribution in [3.63, 3.8) is 0 Å². The van der Waals surface area contributed by atoms with Crippen LogP contribution in [0.4, 0.5) is 0 Å². The highest BCUT2D eigenvalue weighted by molar-refractivity contribution is 6.29. The van der Waals surface area contributed by atoms with Crippen LogP contribution in [-0.4, -0.2) is 15.8 Å². The molecular weight excluding hydrogens is 188 g/mol. The second-order valence-corrected chi connectivity index (χ2v) is 3.24. The Morgan fingerprint density at radius 1 is 1.69 bits per heavy atom. The molecule has 0 aromatic carbocycles. The summed E-state index contributed by atoms with van der Waals surface area (Å²) in [6.45, 7) is 2.95. The first kappa shape index (κ1) is 10.3. The van der Waals surface area contributed by atoms with Crippen LogP contribution >= 0.6 is 11.6 Å². The number of aldehydes is 1. The molecule has 0 amide bonds. The molecule has 0 radical (unpaired) electrons. The van der Waals surface area contributed by atoms with Crippen molar-refractivity contribution < 1.29 is 4.79 Å². The monoisotopic (exact) mass is 200 g/mol. The van der Waals surface area contributed by atoms with E-state index in [0.29, 0.717) is 18.0 Å². The zero-order valence-electron chi connectivity index (χ0n) is 7.66. The van der Waals surface area contributed by atoms with Crippen LogP contribution in [0.5, 0.6) is 0 Å². The Kier molecular flexibility index (Phi) is 3.96. The number of hydrogen-bond acceptors (Lipinski definition) is 2. The van der Waals surface area contributed by atoms with E-state index in [1.807, 2.05) is 4.57 Å². The number of imidazole rings is 1. The predicted octanol–water partition coefficient (Wildman–Crippen LogP) is 2.08. The van der Waals surface area contributed by atoms with Gasteiger partial charge in [0.2, 0.25) is 0 Å². The van der Waals surface area contributed by atoms with Gasteiger partial charge in [0, 0.05) is 19.4 Å². The van der Waals surface area contributed by atoms with Gasteiger partial charge in [-0.1, -0.05) is 18.5 Å². The number of halogens is 1. The van der Waals surface area contributed by atoms with E-state index in [0.717, 1.165) is 25.1 Å². The summed E-state index contributed by atoms with van der Waals surface area (Å²) >= 11 is 5.91. The van der Waals surface area contributed by atoms with E-state index in [1.54, 1.807) is 6.20 Å². The molecule has 1 aromatic rings. The molecule has 0 aliphatic rings. The number of hydrogen-bond donors (Lipinski definition) is 0. The minimum Gasteiger partial charge on any atom is -0.319 e. The molecule has 13 heavy (non-hydrogen) atoms. The van der Waals surface area contributed by atoms with E-state index in [1.165, 1.54) is 0 Å². The van der Waals surface area contributed by atoms with Crippen LogP contribution in [0.15, 0.2) is 6.20 Å². The van der Waals surface area contributed by atoms with Crippen molar-refractivity contribution in [2.24, 2.45) is 0 Å². The van der Waals surface area contributed by atoms with E-state index < -0.39 is 0 Å².